The van der Waals surface area contributed by atoms with E-state index in [-0.39, 0.29) is 12.5 Å². The molecule has 1 amide bonds. The topological polar surface area (TPSA) is 66.8 Å². The van der Waals surface area contributed by atoms with Crippen LogP contribution in [0.2, 0.25) is 0 Å². The molecule has 1 aliphatic carbocycles. The average molecular weight is 295 g/mol. The molecular weight excluding hydrogens is 278 g/mol. The second-order valence-corrected chi connectivity index (χ2v) is 6.15. The number of hydrogen-bond acceptors (Lipinski definition) is 4. The molecule has 108 valence electrons. The van der Waals surface area contributed by atoms with Crippen molar-refractivity contribution in [2.24, 2.45) is 0 Å². The maximum Gasteiger partial charge on any atom is 0.328 e. The minimum absolute atomic E-state index is 0.0768. The summed E-state index contributed by atoms with van der Waals surface area (Å²) in [4.78, 5) is 26.7. The molecule has 1 aliphatic heterocycles. The number of carbonyl (C=O) groups is 2. The zero-order chi connectivity index (χ0) is 14.1. The van der Waals surface area contributed by atoms with Gasteiger partial charge in [-0.05, 0) is 31.2 Å². The monoisotopic (exact) mass is 295 g/mol. The van der Waals surface area contributed by atoms with E-state index in [1.165, 1.54) is 16.2 Å². The molecule has 0 saturated carbocycles. The van der Waals surface area contributed by atoms with Crippen molar-refractivity contribution in [2.75, 3.05) is 19.8 Å². The third-order valence-electron chi connectivity index (χ3n) is 3.97. The maximum absolute atomic E-state index is 12.7. The Morgan fingerprint density at radius 2 is 2.15 bits per heavy atom. The van der Waals surface area contributed by atoms with E-state index in [4.69, 9.17) is 4.74 Å². The van der Waals surface area contributed by atoms with Crippen LogP contribution < -0.4 is 0 Å². The predicted molar refractivity (Wildman–Crippen MR) is 74.2 cm³/mol. The second kappa shape index (κ2) is 5.54. The Kier molecular flexibility index (Phi) is 3.76. The fraction of sp³-hybridized carbons (Fsp3) is 0.571. The lowest BCUT2D eigenvalue weighted by molar-refractivity contribution is -0.147. The van der Waals surface area contributed by atoms with E-state index in [0.717, 1.165) is 24.8 Å². The summed E-state index contributed by atoms with van der Waals surface area (Å²) in [6, 6.07) is -0.865. The van der Waals surface area contributed by atoms with E-state index < -0.39 is 12.0 Å². The fourth-order valence-corrected chi connectivity index (χ4v) is 4.00. The van der Waals surface area contributed by atoms with Crippen LogP contribution in [0.5, 0.6) is 0 Å². The van der Waals surface area contributed by atoms with Crippen LogP contribution in [0.15, 0.2) is 5.38 Å². The molecule has 5 nitrogen and oxygen atoms in total. The molecule has 1 atom stereocenters. The Bertz CT molecular complexity index is 539. The van der Waals surface area contributed by atoms with Crippen LogP contribution in [-0.2, 0) is 22.4 Å². The van der Waals surface area contributed by atoms with Crippen molar-refractivity contribution in [3.63, 3.8) is 0 Å². The molecule has 1 fully saturated rings. The van der Waals surface area contributed by atoms with Gasteiger partial charge in [-0.3, -0.25) is 4.79 Å². The van der Waals surface area contributed by atoms with Crippen molar-refractivity contribution < 1.29 is 19.4 Å². The summed E-state index contributed by atoms with van der Waals surface area (Å²) in [5.41, 5.74) is 1.85. The molecule has 2 heterocycles. The van der Waals surface area contributed by atoms with Crippen LogP contribution in [0.3, 0.4) is 0 Å². The summed E-state index contributed by atoms with van der Waals surface area (Å²) in [5, 5.41) is 11.1. The molecule has 0 aromatic carbocycles. The summed E-state index contributed by atoms with van der Waals surface area (Å²) in [6.45, 7) is 0.829. The van der Waals surface area contributed by atoms with Crippen LogP contribution in [-0.4, -0.2) is 47.7 Å². The van der Waals surface area contributed by atoms with E-state index >= 15 is 0 Å². The Balaban J connectivity index is 1.87. The van der Waals surface area contributed by atoms with E-state index in [0.29, 0.717) is 18.7 Å². The van der Waals surface area contributed by atoms with Gasteiger partial charge in [0.25, 0.3) is 5.91 Å². The predicted octanol–water partition coefficient (Wildman–Crippen LogP) is 1.55. The minimum atomic E-state index is -0.998. The standard InChI is InChI=1S/C14H17NO4S/c16-13(15-5-6-19-7-11(15)14(17)18)10-8-20-12-4-2-1-3-9(10)12/h8,11H,1-7H2,(H,17,18). The van der Waals surface area contributed by atoms with Crippen LogP contribution in [0, 0.1) is 0 Å². The number of aliphatic carboxylic acids is 1. The number of morpholine rings is 1. The third kappa shape index (κ3) is 2.33. The van der Waals surface area contributed by atoms with Crippen molar-refractivity contribution in [1.82, 2.24) is 4.90 Å². The zero-order valence-electron chi connectivity index (χ0n) is 11.1. The first-order chi connectivity index (χ1) is 9.68. The van der Waals surface area contributed by atoms with Gasteiger partial charge in [-0.2, -0.15) is 0 Å². The number of hydrogen-bond donors (Lipinski definition) is 1. The number of rotatable bonds is 2. The van der Waals surface area contributed by atoms with E-state index in [1.54, 1.807) is 11.3 Å². The normalized spacial score (nSPS) is 22.4. The summed E-state index contributed by atoms with van der Waals surface area (Å²) in [5.74, 6) is -1.15. The van der Waals surface area contributed by atoms with Gasteiger partial charge in [-0.25, -0.2) is 4.79 Å². The number of thiophene rings is 1. The van der Waals surface area contributed by atoms with Crippen molar-refractivity contribution >= 4 is 23.2 Å². The van der Waals surface area contributed by atoms with Gasteiger partial charge >= 0.3 is 5.97 Å². The number of ether oxygens (including phenoxy) is 1. The van der Waals surface area contributed by atoms with Crippen LogP contribution >= 0.6 is 11.3 Å². The summed E-state index contributed by atoms with van der Waals surface area (Å²) in [6.07, 6.45) is 4.26. The summed E-state index contributed by atoms with van der Waals surface area (Å²) >= 11 is 1.63. The second-order valence-electron chi connectivity index (χ2n) is 5.19. The lowest BCUT2D eigenvalue weighted by atomic mass is 9.95. The lowest BCUT2D eigenvalue weighted by Gasteiger charge is -2.33. The molecule has 1 aromatic rings. The molecule has 1 aromatic heterocycles. The molecule has 0 radical (unpaired) electrons. The molecular formula is C14H17NO4S. The lowest BCUT2D eigenvalue weighted by Crippen LogP contribution is -2.52. The number of carboxylic acids is 1. The molecule has 2 aliphatic rings. The molecule has 1 saturated heterocycles. The first-order valence-electron chi connectivity index (χ1n) is 6.89. The van der Waals surface area contributed by atoms with Crippen molar-refractivity contribution in [3.05, 3.63) is 21.4 Å². The molecule has 1 N–H and O–H groups in total. The largest absolute Gasteiger partial charge is 0.480 e. The molecule has 0 bridgehead atoms. The molecule has 0 spiro atoms. The number of amides is 1. The maximum atomic E-state index is 12.7. The van der Waals surface area contributed by atoms with E-state index in [1.807, 2.05) is 5.38 Å². The average Bonchev–Trinajstić information content (AvgIpc) is 2.90. The molecule has 20 heavy (non-hydrogen) atoms. The van der Waals surface area contributed by atoms with Gasteiger partial charge in [-0.15, -0.1) is 11.3 Å². The zero-order valence-corrected chi connectivity index (χ0v) is 11.9. The number of carbonyl (C=O) groups excluding carboxylic acids is 1. The van der Waals surface area contributed by atoms with Gasteiger partial charge in [-0.1, -0.05) is 0 Å². The smallest absolute Gasteiger partial charge is 0.328 e. The highest BCUT2D eigenvalue weighted by Gasteiger charge is 2.34. The van der Waals surface area contributed by atoms with Gasteiger partial charge in [0, 0.05) is 16.8 Å². The van der Waals surface area contributed by atoms with Gasteiger partial charge in [0.05, 0.1) is 18.8 Å². The van der Waals surface area contributed by atoms with Crippen molar-refractivity contribution in [2.45, 2.75) is 31.7 Å². The van der Waals surface area contributed by atoms with Gasteiger partial charge in [0.15, 0.2) is 6.04 Å². The molecule has 3 rings (SSSR count). The number of carboxylic acid groups (broad SMARTS) is 1. The first-order valence-corrected chi connectivity index (χ1v) is 7.77. The third-order valence-corrected chi connectivity index (χ3v) is 5.05. The van der Waals surface area contributed by atoms with Gasteiger partial charge < -0.3 is 14.7 Å². The molecule has 1 unspecified atom stereocenters. The Morgan fingerprint density at radius 1 is 1.35 bits per heavy atom. The van der Waals surface area contributed by atoms with Crippen LogP contribution in [0.4, 0.5) is 0 Å². The van der Waals surface area contributed by atoms with Gasteiger partial charge in [0.1, 0.15) is 0 Å². The number of aryl methyl sites for hydroxylation is 1. The number of fused-ring (bicyclic) bond motifs is 1. The Labute approximate surface area is 121 Å². The quantitative estimate of drug-likeness (QED) is 0.899. The van der Waals surface area contributed by atoms with E-state index in [9.17, 15) is 14.7 Å². The highest BCUT2D eigenvalue weighted by molar-refractivity contribution is 7.10. The summed E-state index contributed by atoms with van der Waals surface area (Å²) in [7, 11) is 0. The highest BCUT2D eigenvalue weighted by atomic mass is 32.1. The van der Waals surface area contributed by atoms with Crippen molar-refractivity contribution in [3.8, 4) is 0 Å². The Hall–Kier alpha value is -1.40. The Morgan fingerprint density at radius 3 is 2.95 bits per heavy atom. The fourth-order valence-electron chi connectivity index (χ4n) is 2.88. The SMILES string of the molecule is O=C(O)C1COCCN1C(=O)c1csc2c1CCCC2. The van der Waals surface area contributed by atoms with Crippen molar-refractivity contribution in [1.29, 1.82) is 0 Å². The van der Waals surface area contributed by atoms with Crippen LogP contribution in [0.25, 0.3) is 0 Å². The minimum Gasteiger partial charge on any atom is -0.480 e. The number of nitrogens with zero attached hydrogens (tertiary/aromatic N) is 1. The summed E-state index contributed by atoms with van der Waals surface area (Å²) < 4.78 is 5.18. The molecule has 6 heteroatoms. The van der Waals surface area contributed by atoms with Gasteiger partial charge in [0.2, 0.25) is 0 Å². The van der Waals surface area contributed by atoms with Crippen LogP contribution in [0.1, 0.15) is 33.6 Å². The highest BCUT2D eigenvalue weighted by Crippen LogP contribution is 2.31. The van der Waals surface area contributed by atoms with E-state index in [2.05, 4.69) is 0 Å². The first kappa shape index (κ1) is 13.6.